The van der Waals surface area contributed by atoms with Crippen LogP contribution in [0.5, 0.6) is 0 Å². The van der Waals surface area contributed by atoms with Gasteiger partial charge < -0.3 is 30.3 Å². The van der Waals surface area contributed by atoms with Gasteiger partial charge >= 0.3 is 0 Å². The molecule has 9 nitrogen and oxygen atoms in total. The van der Waals surface area contributed by atoms with Crippen molar-refractivity contribution in [2.45, 2.75) is 50.8 Å². The molecule has 4 N–H and O–H groups in total. The van der Waals surface area contributed by atoms with Crippen molar-refractivity contribution in [1.82, 2.24) is 9.88 Å². The number of hydrogen-bond acceptors (Lipinski definition) is 5. The molecule has 3 heterocycles. The van der Waals surface area contributed by atoms with Crippen molar-refractivity contribution in [2.75, 3.05) is 23.4 Å². The van der Waals surface area contributed by atoms with E-state index in [0.29, 0.717) is 23.5 Å². The van der Waals surface area contributed by atoms with E-state index in [1.54, 1.807) is 34.9 Å². The van der Waals surface area contributed by atoms with E-state index in [1.807, 2.05) is 66.9 Å². The maximum Gasteiger partial charge on any atom is 0.264 e. The van der Waals surface area contributed by atoms with Gasteiger partial charge in [0.05, 0.1) is 31.3 Å². The zero-order chi connectivity index (χ0) is 32.4. The average Bonchev–Trinajstić information content (AvgIpc) is 3.75. The largest absolute Gasteiger partial charge is 0.394 e. The van der Waals surface area contributed by atoms with Crippen LogP contribution in [-0.4, -0.2) is 57.0 Å². The lowest BCUT2D eigenvalue weighted by molar-refractivity contribution is -0.139. The number of carbonyl (C=O) groups excluding carboxylic acids is 3. The average molecular weight is 686 g/mol. The van der Waals surface area contributed by atoms with Gasteiger partial charge in [0.1, 0.15) is 0 Å². The molecule has 3 atom stereocenters. The highest BCUT2D eigenvalue weighted by Crippen LogP contribution is 2.46. The fourth-order valence-corrected chi connectivity index (χ4v) is 6.95. The molecular formula is C36H37BrN4O5. The number of aromatic amines is 1. The quantitative estimate of drug-likeness (QED) is 0.166. The third-order valence-electron chi connectivity index (χ3n) is 9.12. The summed E-state index contributed by atoms with van der Waals surface area (Å²) in [5.41, 5.74) is 2.68. The van der Waals surface area contributed by atoms with Crippen LogP contribution in [0, 0.1) is 5.92 Å². The number of hydrogen-bond donors (Lipinski definition) is 4. The molecular weight excluding hydrogens is 648 g/mol. The number of aliphatic hydroxyl groups excluding tert-OH is 1. The van der Waals surface area contributed by atoms with Gasteiger partial charge in [-0.25, -0.2) is 0 Å². The van der Waals surface area contributed by atoms with Gasteiger partial charge in [-0.05, 0) is 60.4 Å². The van der Waals surface area contributed by atoms with Crippen molar-refractivity contribution in [1.29, 1.82) is 0 Å². The Bertz CT molecular complexity index is 1800. The monoisotopic (exact) mass is 684 g/mol. The van der Waals surface area contributed by atoms with E-state index in [9.17, 15) is 24.6 Å². The van der Waals surface area contributed by atoms with Crippen molar-refractivity contribution < 1.29 is 24.6 Å². The highest BCUT2D eigenvalue weighted by molar-refractivity contribution is 9.10. The van der Waals surface area contributed by atoms with E-state index >= 15 is 0 Å². The van der Waals surface area contributed by atoms with Crippen LogP contribution in [0.3, 0.4) is 0 Å². The lowest BCUT2D eigenvalue weighted by atomic mass is 9.83. The van der Waals surface area contributed by atoms with E-state index in [4.69, 9.17) is 0 Å². The van der Waals surface area contributed by atoms with Gasteiger partial charge in [-0.3, -0.25) is 14.4 Å². The maximum atomic E-state index is 14.0. The number of amides is 3. The van der Waals surface area contributed by atoms with Gasteiger partial charge in [0.15, 0.2) is 5.60 Å². The molecule has 0 saturated carbocycles. The van der Waals surface area contributed by atoms with Crippen LogP contribution in [0.2, 0.25) is 0 Å². The second kappa shape index (κ2) is 13.2. The second-order valence-electron chi connectivity index (χ2n) is 12.1. The number of benzene rings is 3. The van der Waals surface area contributed by atoms with Gasteiger partial charge in [-0.15, -0.1) is 0 Å². The smallest absolute Gasteiger partial charge is 0.264 e. The number of anilines is 2. The lowest BCUT2D eigenvalue weighted by Gasteiger charge is -2.28. The minimum absolute atomic E-state index is 0.0508. The molecule has 1 saturated heterocycles. The van der Waals surface area contributed by atoms with Crippen LogP contribution in [0.4, 0.5) is 11.4 Å². The number of aromatic nitrogens is 1. The zero-order valence-corrected chi connectivity index (χ0v) is 27.2. The molecule has 10 heteroatoms. The maximum absolute atomic E-state index is 14.0. The van der Waals surface area contributed by atoms with Crippen LogP contribution < -0.4 is 10.2 Å². The summed E-state index contributed by atoms with van der Waals surface area (Å²) in [7, 11) is 0. The summed E-state index contributed by atoms with van der Waals surface area (Å²) >= 11 is 3.49. The number of para-hydroxylation sites is 1. The SMILES string of the molecule is C[C@H](/C=C/CC(=O)N1CCC[C@H]1CO)[C@@]1(O)C(=O)N(Cc2ccc(NC(=O)Cc3c[nH]c4ccccc34)cc2)c2ccc(Br)cc21. The Hall–Kier alpha value is -4.25. The molecule has 46 heavy (non-hydrogen) atoms. The summed E-state index contributed by atoms with van der Waals surface area (Å²) in [6, 6.07) is 20.5. The summed E-state index contributed by atoms with van der Waals surface area (Å²) in [6.45, 7) is 2.58. The summed E-state index contributed by atoms with van der Waals surface area (Å²) in [5, 5.41) is 25.5. The lowest BCUT2D eigenvalue weighted by Crippen LogP contribution is -2.44. The zero-order valence-electron chi connectivity index (χ0n) is 25.6. The molecule has 2 aliphatic heterocycles. The van der Waals surface area contributed by atoms with Crippen molar-refractivity contribution in [3.8, 4) is 0 Å². The van der Waals surface area contributed by atoms with Crippen LogP contribution in [-0.2, 0) is 33.0 Å². The first-order valence-electron chi connectivity index (χ1n) is 15.5. The minimum atomic E-state index is -1.82. The van der Waals surface area contributed by atoms with Crippen molar-refractivity contribution in [3.63, 3.8) is 0 Å². The van der Waals surface area contributed by atoms with Crippen molar-refractivity contribution >= 4 is 55.9 Å². The van der Waals surface area contributed by atoms with Crippen molar-refractivity contribution in [2.24, 2.45) is 5.92 Å². The van der Waals surface area contributed by atoms with E-state index in [-0.39, 0.29) is 43.8 Å². The Kier molecular flexibility index (Phi) is 9.13. The van der Waals surface area contributed by atoms with Crippen LogP contribution in [0.15, 0.2) is 89.6 Å². The number of fused-ring (bicyclic) bond motifs is 2. The third-order valence-corrected chi connectivity index (χ3v) is 9.61. The number of halogens is 1. The van der Waals surface area contributed by atoms with Crippen LogP contribution in [0.25, 0.3) is 10.9 Å². The summed E-state index contributed by atoms with van der Waals surface area (Å²) in [6.07, 6.45) is 7.32. The molecule has 1 aromatic heterocycles. The minimum Gasteiger partial charge on any atom is -0.394 e. The Morgan fingerprint density at radius 3 is 2.72 bits per heavy atom. The molecule has 2 aliphatic rings. The van der Waals surface area contributed by atoms with Gasteiger partial charge in [0.25, 0.3) is 5.91 Å². The first-order chi connectivity index (χ1) is 22.2. The predicted molar refractivity (Wildman–Crippen MR) is 181 cm³/mol. The number of rotatable bonds is 10. The molecule has 0 radical (unpaired) electrons. The van der Waals surface area contributed by atoms with Gasteiger partial charge in [-0.2, -0.15) is 0 Å². The molecule has 3 aromatic carbocycles. The Labute approximate surface area is 276 Å². The molecule has 238 valence electrons. The van der Waals surface area contributed by atoms with E-state index in [0.717, 1.165) is 39.3 Å². The highest BCUT2D eigenvalue weighted by Gasteiger charge is 2.52. The third kappa shape index (κ3) is 6.12. The fourth-order valence-electron chi connectivity index (χ4n) is 6.59. The van der Waals surface area contributed by atoms with Gasteiger partial charge in [0, 0.05) is 51.7 Å². The highest BCUT2D eigenvalue weighted by atomic mass is 79.9. The van der Waals surface area contributed by atoms with Crippen molar-refractivity contribution in [3.05, 3.63) is 106 Å². The summed E-state index contributed by atoms with van der Waals surface area (Å²) < 4.78 is 0.738. The number of H-pyrrole nitrogens is 1. The topological polar surface area (TPSA) is 126 Å². The fraction of sp³-hybridized carbons (Fsp3) is 0.306. The van der Waals surface area contributed by atoms with E-state index < -0.39 is 17.4 Å². The van der Waals surface area contributed by atoms with Crippen LogP contribution in [0.1, 0.15) is 42.9 Å². The molecule has 4 aromatic rings. The number of aliphatic hydroxyl groups is 2. The molecule has 3 amide bonds. The molecule has 0 spiro atoms. The molecule has 1 fully saturated rings. The Morgan fingerprint density at radius 2 is 1.93 bits per heavy atom. The number of likely N-dealkylation sites (tertiary alicyclic amines) is 1. The second-order valence-corrected chi connectivity index (χ2v) is 13.0. The van der Waals surface area contributed by atoms with E-state index in [2.05, 4.69) is 26.2 Å². The first kappa shape index (κ1) is 31.7. The Morgan fingerprint density at radius 1 is 1.15 bits per heavy atom. The number of nitrogens with zero attached hydrogens (tertiary/aromatic N) is 2. The normalized spacial score (nSPS) is 20.1. The summed E-state index contributed by atoms with van der Waals surface area (Å²) in [5.74, 6) is -1.27. The van der Waals surface area contributed by atoms with Gasteiger partial charge in [-0.1, -0.05) is 65.3 Å². The molecule has 0 bridgehead atoms. The molecule has 0 aliphatic carbocycles. The number of nitrogens with one attached hydrogen (secondary N) is 2. The molecule has 0 unspecified atom stereocenters. The van der Waals surface area contributed by atoms with Crippen LogP contribution >= 0.6 is 15.9 Å². The first-order valence-corrected chi connectivity index (χ1v) is 16.3. The standard InChI is InChI=1S/C36H37BrN4O5/c1-23(6-4-10-34(44)40-17-5-7-28(40)22-42)36(46)30-19-26(37)13-16-32(30)41(35(36)45)21-24-11-14-27(15-12-24)39-33(43)18-25-20-38-31-9-3-2-8-29(25)31/h2-4,6,8-9,11-16,19-20,23,28,38,42,46H,5,7,10,17-18,21-22H2,1H3,(H,39,43)/b6-4+/t23-,28+,36+/m1/s1. The Balaban J connectivity index is 1.13. The predicted octanol–water partition coefficient (Wildman–Crippen LogP) is 5.41. The van der Waals surface area contributed by atoms with E-state index in [1.165, 1.54) is 0 Å². The number of carbonyl (C=O) groups is 3. The van der Waals surface area contributed by atoms with Gasteiger partial charge in [0.2, 0.25) is 11.8 Å². The molecule has 6 rings (SSSR count). The summed E-state index contributed by atoms with van der Waals surface area (Å²) in [4.78, 5) is 46.0.